The maximum atomic E-state index is 13.5. The van der Waals surface area contributed by atoms with Crippen LogP contribution in [0.1, 0.15) is 11.1 Å². The zero-order valence-corrected chi connectivity index (χ0v) is 11.2. The molecule has 0 radical (unpaired) electrons. The van der Waals surface area contributed by atoms with Crippen molar-refractivity contribution in [2.24, 2.45) is 0 Å². The van der Waals surface area contributed by atoms with E-state index in [1.807, 2.05) is 0 Å². The molecule has 2 nitrogen and oxygen atoms in total. The molecule has 0 fully saturated rings. The first kappa shape index (κ1) is 15.2. The lowest BCUT2D eigenvalue weighted by Crippen LogP contribution is -2.05. The monoisotopic (exact) mass is 299 g/mol. The summed E-state index contributed by atoms with van der Waals surface area (Å²) in [6.07, 6.45) is 0. The summed E-state index contributed by atoms with van der Waals surface area (Å²) in [5, 5.41) is 2.92. The molecule has 0 aromatic heterocycles. The van der Waals surface area contributed by atoms with Crippen molar-refractivity contribution in [3.63, 3.8) is 0 Å². The standard InChI is InChI=1S/C15H13F4NO/c1-9-6-10(2-4-12(9)16)8-20-11-3-5-14(13(17)7-11)21-15(18)19/h2-7,15,20H,8H2,1H3. The number of hydrogen-bond acceptors (Lipinski definition) is 2. The Morgan fingerprint density at radius 2 is 1.81 bits per heavy atom. The van der Waals surface area contributed by atoms with Gasteiger partial charge in [0, 0.05) is 18.3 Å². The topological polar surface area (TPSA) is 21.3 Å². The fourth-order valence-corrected chi connectivity index (χ4v) is 1.82. The van der Waals surface area contributed by atoms with Crippen molar-refractivity contribution < 1.29 is 22.3 Å². The van der Waals surface area contributed by atoms with Gasteiger partial charge in [0.2, 0.25) is 0 Å². The average Bonchev–Trinajstić information content (AvgIpc) is 2.42. The molecule has 0 aliphatic carbocycles. The Kier molecular flexibility index (Phi) is 4.67. The Morgan fingerprint density at radius 1 is 1.05 bits per heavy atom. The Labute approximate surface area is 119 Å². The molecular formula is C15H13F4NO. The Bertz CT molecular complexity index is 631. The van der Waals surface area contributed by atoms with E-state index in [9.17, 15) is 17.6 Å². The summed E-state index contributed by atoms with van der Waals surface area (Å²) in [5.41, 5.74) is 1.75. The van der Waals surface area contributed by atoms with Gasteiger partial charge in [-0.15, -0.1) is 0 Å². The second-order valence-corrected chi connectivity index (χ2v) is 4.46. The predicted octanol–water partition coefficient (Wildman–Crippen LogP) is 4.49. The van der Waals surface area contributed by atoms with Crippen LogP contribution >= 0.6 is 0 Å². The number of halogens is 4. The predicted molar refractivity (Wildman–Crippen MR) is 71.5 cm³/mol. The van der Waals surface area contributed by atoms with Crippen LogP contribution in [-0.4, -0.2) is 6.61 Å². The summed E-state index contributed by atoms with van der Waals surface area (Å²) < 4.78 is 54.6. The van der Waals surface area contributed by atoms with Crippen LogP contribution in [0.2, 0.25) is 0 Å². The molecule has 6 heteroatoms. The van der Waals surface area contributed by atoms with E-state index in [0.717, 1.165) is 17.7 Å². The molecular weight excluding hydrogens is 286 g/mol. The molecule has 0 spiro atoms. The molecule has 0 amide bonds. The van der Waals surface area contributed by atoms with Crippen molar-refractivity contribution in [2.75, 3.05) is 5.32 Å². The van der Waals surface area contributed by atoms with E-state index in [0.29, 0.717) is 17.8 Å². The van der Waals surface area contributed by atoms with Gasteiger partial charge in [-0.2, -0.15) is 8.78 Å². The highest BCUT2D eigenvalue weighted by molar-refractivity contribution is 5.47. The summed E-state index contributed by atoms with van der Waals surface area (Å²) in [7, 11) is 0. The minimum Gasteiger partial charge on any atom is -0.432 e. The van der Waals surface area contributed by atoms with Crippen molar-refractivity contribution in [1.82, 2.24) is 0 Å². The molecule has 2 aromatic rings. The van der Waals surface area contributed by atoms with Crippen molar-refractivity contribution in [3.05, 3.63) is 59.2 Å². The van der Waals surface area contributed by atoms with Crippen LogP contribution in [0.4, 0.5) is 23.2 Å². The van der Waals surface area contributed by atoms with E-state index in [4.69, 9.17) is 0 Å². The van der Waals surface area contributed by atoms with E-state index in [2.05, 4.69) is 10.1 Å². The van der Waals surface area contributed by atoms with E-state index in [-0.39, 0.29) is 5.82 Å². The minimum absolute atomic E-state index is 0.293. The van der Waals surface area contributed by atoms with Crippen LogP contribution in [-0.2, 0) is 6.54 Å². The first-order valence-electron chi connectivity index (χ1n) is 6.19. The van der Waals surface area contributed by atoms with Crippen LogP contribution < -0.4 is 10.1 Å². The van der Waals surface area contributed by atoms with E-state index < -0.39 is 18.2 Å². The molecule has 0 atom stereocenters. The Morgan fingerprint density at radius 3 is 2.43 bits per heavy atom. The van der Waals surface area contributed by atoms with E-state index in [1.165, 1.54) is 12.1 Å². The third kappa shape index (κ3) is 4.11. The molecule has 0 aliphatic rings. The van der Waals surface area contributed by atoms with Gasteiger partial charge in [-0.05, 0) is 36.2 Å². The summed E-state index contributed by atoms with van der Waals surface area (Å²) in [4.78, 5) is 0. The Balaban J connectivity index is 2.03. The number of ether oxygens (including phenoxy) is 1. The fourth-order valence-electron chi connectivity index (χ4n) is 1.82. The molecule has 0 bridgehead atoms. The molecule has 2 aromatic carbocycles. The van der Waals surface area contributed by atoms with Crippen molar-refractivity contribution in [1.29, 1.82) is 0 Å². The number of nitrogens with one attached hydrogen (secondary N) is 1. The van der Waals surface area contributed by atoms with Crippen LogP contribution in [0.15, 0.2) is 36.4 Å². The van der Waals surface area contributed by atoms with Gasteiger partial charge in [-0.3, -0.25) is 0 Å². The zero-order chi connectivity index (χ0) is 15.4. The maximum absolute atomic E-state index is 13.5. The minimum atomic E-state index is -3.07. The molecule has 0 aliphatic heterocycles. The summed E-state index contributed by atoms with van der Waals surface area (Å²) in [6, 6.07) is 8.25. The molecule has 0 saturated carbocycles. The fraction of sp³-hybridized carbons (Fsp3) is 0.200. The van der Waals surface area contributed by atoms with Gasteiger partial charge in [0.1, 0.15) is 5.82 Å². The first-order chi connectivity index (χ1) is 9.95. The Hall–Kier alpha value is -2.24. The number of aryl methyl sites for hydroxylation is 1. The highest BCUT2D eigenvalue weighted by Gasteiger charge is 2.10. The SMILES string of the molecule is Cc1cc(CNc2ccc(OC(F)F)c(F)c2)ccc1F. The van der Waals surface area contributed by atoms with Gasteiger partial charge in [0.05, 0.1) is 0 Å². The highest BCUT2D eigenvalue weighted by Crippen LogP contribution is 2.23. The second-order valence-electron chi connectivity index (χ2n) is 4.46. The van der Waals surface area contributed by atoms with Crippen LogP contribution in [0.5, 0.6) is 5.75 Å². The van der Waals surface area contributed by atoms with Crippen LogP contribution in [0, 0.1) is 18.6 Å². The lowest BCUT2D eigenvalue weighted by molar-refractivity contribution is -0.0521. The smallest absolute Gasteiger partial charge is 0.387 e. The third-order valence-corrected chi connectivity index (χ3v) is 2.87. The van der Waals surface area contributed by atoms with E-state index in [1.54, 1.807) is 19.1 Å². The molecule has 2 rings (SSSR count). The largest absolute Gasteiger partial charge is 0.432 e. The number of alkyl halides is 2. The maximum Gasteiger partial charge on any atom is 0.387 e. The van der Waals surface area contributed by atoms with Gasteiger partial charge in [0.15, 0.2) is 11.6 Å². The normalized spacial score (nSPS) is 10.8. The molecule has 0 saturated heterocycles. The lowest BCUT2D eigenvalue weighted by atomic mass is 10.1. The molecule has 0 heterocycles. The summed E-state index contributed by atoms with van der Waals surface area (Å²) >= 11 is 0. The van der Waals surface area contributed by atoms with Crippen molar-refractivity contribution in [2.45, 2.75) is 20.1 Å². The summed E-state index contributed by atoms with van der Waals surface area (Å²) in [6.45, 7) is -1.06. The first-order valence-corrected chi connectivity index (χ1v) is 6.19. The molecule has 112 valence electrons. The number of anilines is 1. The quantitative estimate of drug-likeness (QED) is 0.822. The molecule has 21 heavy (non-hydrogen) atoms. The number of benzene rings is 2. The third-order valence-electron chi connectivity index (χ3n) is 2.87. The van der Waals surface area contributed by atoms with Gasteiger partial charge >= 0.3 is 6.61 Å². The number of hydrogen-bond donors (Lipinski definition) is 1. The number of rotatable bonds is 5. The van der Waals surface area contributed by atoms with Gasteiger partial charge in [-0.1, -0.05) is 12.1 Å². The van der Waals surface area contributed by atoms with Gasteiger partial charge in [0.25, 0.3) is 0 Å². The zero-order valence-electron chi connectivity index (χ0n) is 11.2. The second kappa shape index (κ2) is 6.47. The summed E-state index contributed by atoms with van der Waals surface area (Å²) in [5.74, 6) is -1.68. The van der Waals surface area contributed by atoms with Gasteiger partial charge < -0.3 is 10.1 Å². The van der Waals surface area contributed by atoms with Crippen LogP contribution in [0.3, 0.4) is 0 Å². The van der Waals surface area contributed by atoms with Crippen molar-refractivity contribution in [3.8, 4) is 5.75 Å². The lowest BCUT2D eigenvalue weighted by Gasteiger charge is -2.10. The van der Waals surface area contributed by atoms with Crippen molar-refractivity contribution >= 4 is 5.69 Å². The average molecular weight is 299 g/mol. The highest BCUT2D eigenvalue weighted by atomic mass is 19.3. The van der Waals surface area contributed by atoms with Gasteiger partial charge in [-0.25, -0.2) is 8.78 Å². The van der Waals surface area contributed by atoms with Crippen LogP contribution in [0.25, 0.3) is 0 Å². The van der Waals surface area contributed by atoms with E-state index >= 15 is 0 Å². The molecule has 0 unspecified atom stereocenters. The molecule has 1 N–H and O–H groups in total.